The molecule has 3 heteroatoms. The molecule has 2 nitrogen and oxygen atoms in total. The molecule has 1 aromatic carbocycles. The highest BCUT2D eigenvalue weighted by atomic mass is 32.2. The highest BCUT2D eigenvalue weighted by molar-refractivity contribution is 7.79. The first-order valence-corrected chi connectivity index (χ1v) is 7.01. The van der Waals surface area contributed by atoms with Crippen LogP contribution in [0.4, 0.5) is 0 Å². The van der Waals surface area contributed by atoms with Gasteiger partial charge in [-0.25, -0.2) is 4.21 Å². The van der Waals surface area contributed by atoms with Crippen molar-refractivity contribution in [3.05, 3.63) is 35.4 Å². The lowest BCUT2D eigenvalue weighted by molar-refractivity contribution is 0.426. The van der Waals surface area contributed by atoms with Gasteiger partial charge < -0.3 is 4.55 Å². The molecule has 0 radical (unpaired) electrons. The number of rotatable bonds is 2. The normalized spacial score (nSPS) is 27.6. The van der Waals surface area contributed by atoms with E-state index in [1.54, 1.807) is 0 Å². The fraction of sp³-hybridized carbons (Fsp3) is 0.538. The predicted molar refractivity (Wildman–Crippen MR) is 66.9 cm³/mol. The van der Waals surface area contributed by atoms with Gasteiger partial charge in [0.05, 0.1) is 5.25 Å². The second kappa shape index (κ2) is 5.11. The van der Waals surface area contributed by atoms with Crippen LogP contribution in [0.5, 0.6) is 0 Å². The fourth-order valence-corrected chi connectivity index (χ4v) is 3.48. The second-order valence-corrected chi connectivity index (χ2v) is 5.77. The Balaban J connectivity index is 2.23. The van der Waals surface area contributed by atoms with Crippen molar-refractivity contribution >= 4 is 11.1 Å². The Morgan fingerprint density at radius 1 is 1.19 bits per heavy atom. The zero-order valence-electron chi connectivity index (χ0n) is 9.56. The summed E-state index contributed by atoms with van der Waals surface area (Å²) in [5.74, 6) is 0.264. The molecule has 1 fully saturated rings. The Morgan fingerprint density at radius 3 is 2.44 bits per heavy atom. The maximum absolute atomic E-state index is 11.3. The van der Waals surface area contributed by atoms with Crippen LogP contribution >= 0.6 is 0 Å². The first-order chi connectivity index (χ1) is 7.68. The van der Waals surface area contributed by atoms with E-state index in [9.17, 15) is 8.76 Å². The summed E-state index contributed by atoms with van der Waals surface area (Å²) in [6.45, 7) is 2.06. The third-order valence-corrected chi connectivity index (χ3v) is 4.55. The van der Waals surface area contributed by atoms with Gasteiger partial charge in [-0.3, -0.25) is 0 Å². The summed E-state index contributed by atoms with van der Waals surface area (Å²) in [5, 5.41) is -0.0727. The van der Waals surface area contributed by atoms with Gasteiger partial charge in [0.15, 0.2) is 11.1 Å². The molecule has 3 unspecified atom stereocenters. The van der Waals surface area contributed by atoms with Crippen LogP contribution in [0.1, 0.15) is 42.7 Å². The summed E-state index contributed by atoms with van der Waals surface area (Å²) in [4.78, 5) is 0. The molecule has 0 heterocycles. The van der Waals surface area contributed by atoms with Gasteiger partial charge in [0.2, 0.25) is 0 Å². The van der Waals surface area contributed by atoms with Crippen LogP contribution in [0.15, 0.2) is 24.3 Å². The van der Waals surface area contributed by atoms with Gasteiger partial charge in [-0.05, 0) is 25.3 Å². The molecule has 2 rings (SSSR count). The molecule has 1 aliphatic rings. The van der Waals surface area contributed by atoms with E-state index in [1.165, 1.54) is 17.5 Å². The lowest BCUT2D eigenvalue weighted by Gasteiger charge is -2.29. The van der Waals surface area contributed by atoms with E-state index in [4.69, 9.17) is 0 Å². The topological polar surface area (TPSA) is 37.3 Å². The number of benzene rings is 1. The first kappa shape index (κ1) is 11.8. The Kier molecular flexibility index (Phi) is 3.77. The van der Waals surface area contributed by atoms with Crippen LogP contribution in [0.25, 0.3) is 0 Å². The molecule has 16 heavy (non-hydrogen) atoms. The fourth-order valence-electron chi connectivity index (χ4n) is 2.53. The summed E-state index contributed by atoms with van der Waals surface area (Å²) in [7, 11) is 0. The molecule has 3 atom stereocenters. The van der Waals surface area contributed by atoms with Crippen LogP contribution in [0.3, 0.4) is 0 Å². The summed E-state index contributed by atoms with van der Waals surface area (Å²) >= 11 is -1.69. The minimum Gasteiger partial charge on any atom is -0.306 e. The van der Waals surface area contributed by atoms with Gasteiger partial charge in [-0.15, -0.1) is 0 Å². The maximum atomic E-state index is 11.3. The molecule has 1 aromatic rings. The Hall–Kier alpha value is -0.670. The minimum absolute atomic E-state index is 0.0727. The lowest BCUT2D eigenvalue weighted by Crippen LogP contribution is -2.27. The zero-order valence-corrected chi connectivity index (χ0v) is 10.4. The van der Waals surface area contributed by atoms with Crippen molar-refractivity contribution < 1.29 is 8.76 Å². The van der Waals surface area contributed by atoms with Gasteiger partial charge in [0.1, 0.15) is 0 Å². The lowest BCUT2D eigenvalue weighted by atomic mass is 9.83. The summed E-state index contributed by atoms with van der Waals surface area (Å²) in [6, 6.07) is 8.37. The van der Waals surface area contributed by atoms with Crippen LogP contribution in [-0.4, -0.2) is 14.0 Å². The number of hydrogen-bond donors (Lipinski definition) is 1. The minimum atomic E-state index is -1.69. The first-order valence-electron chi connectivity index (χ1n) is 5.84. The molecule has 0 aromatic heterocycles. The number of hydrogen-bond acceptors (Lipinski definition) is 1. The molecule has 0 spiro atoms. The van der Waals surface area contributed by atoms with Crippen LogP contribution in [0.2, 0.25) is 0 Å². The summed E-state index contributed by atoms with van der Waals surface area (Å²) in [6.07, 6.45) is 4.17. The molecule has 88 valence electrons. The third-order valence-electron chi connectivity index (χ3n) is 3.47. The third kappa shape index (κ3) is 2.53. The molecular formula is C13H18O2S. The SMILES string of the molecule is Cc1ccc(C2CCCCC2S(=O)O)cc1. The molecular weight excluding hydrogens is 220 g/mol. The zero-order chi connectivity index (χ0) is 11.5. The molecule has 0 aliphatic heterocycles. The quantitative estimate of drug-likeness (QED) is 0.803. The van der Waals surface area contributed by atoms with Crippen molar-refractivity contribution in [3.8, 4) is 0 Å². The van der Waals surface area contributed by atoms with Crippen molar-refractivity contribution in [1.29, 1.82) is 0 Å². The average Bonchev–Trinajstić information content (AvgIpc) is 2.30. The standard InChI is InChI=1S/C13H18O2S/c1-10-6-8-11(9-7-10)12-4-2-3-5-13(12)16(14)15/h6-9,12-13H,2-5H2,1H3,(H,14,15). The summed E-state index contributed by atoms with van der Waals surface area (Å²) < 4.78 is 20.7. The molecule has 0 amide bonds. The van der Waals surface area contributed by atoms with E-state index in [0.29, 0.717) is 0 Å². The largest absolute Gasteiger partial charge is 0.306 e. The molecule has 1 N–H and O–H groups in total. The van der Waals surface area contributed by atoms with E-state index in [2.05, 4.69) is 31.2 Å². The Labute approximate surface area is 99.4 Å². The second-order valence-electron chi connectivity index (χ2n) is 4.62. The van der Waals surface area contributed by atoms with E-state index in [0.717, 1.165) is 19.3 Å². The van der Waals surface area contributed by atoms with Gasteiger partial charge in [-0.1, -0.05) is 42.7 Å². The van der Waals surface area contributed by atoms with E-state index in [-0.39, 0.29) is 11.2 Å². The van der Waals surface area contributed by atoms with Crippen LogP contribution < -0.4 is 0 Å². The van der Waals surface area contributed by atoms with Gasteiger partial charge in [0, 0.05) is 5.92 Å². The van der Waals surface area contributed by atoms with Crippen molar-refractivity contribution in [2.45, 2.75) is 43.8 Å². The highest BCUT2D eigenvalue weighted by Crippen LogP contribution is 2.35. The maximum Gasteiger partial charge on any atom is 0.156 e. The van der Waals surface area contributed by atoms with Gasteiger partial charge in [0.25, 0.3) is 0 Å². The van der Waals surface area contributed by atoms with E-state index in [1.807, 2.05) is 0 Å². The van der Waals surface area contributed by atoms with Crippen molar-refractivity contribution in [2.24, 2.45) is 0 Å². The average molecular weight is 238 g/mol. The molecule has 0 bridgehead atoms. The predicted octanol–water partition coefficient (Wildman–Crippen LogP) is 3.24. The number of aryl methyl sites for hydroxylation is 1. The van der Waals surface area contributed by atoms with Crippen molar-refractivity contribution in [3.63, 3.8) is 0 Å². The molecule has 1 saturated carbocycles. The Bertz CT molecular complexity index is 372. The van der Waals surface area contributed by atoms with Crippen molar-refractivity contribution in [1.82, 2.24) is 0 Å². The molecule has 0 saturated heterocycles. The van der Waals surface area contributed by atoms with E-state index >= 15 is 0 Å². The van der Waals surface area contributed by atoms with E-state index < -0.39 is 11.1 Å². The Morgan fingerprint density at radius 2 is 1.81 bits per heavy atom. The van der Waals surface area contributed by atoms with Crippen LogP contribution in [-0.2, 0) is 11.1 Å². The van der Waals surface area contributed by atoms with Crippen LogP contribution in [0, 0.1) is 6.92 Å². The smallest absolute Gasteiger partial charge is 0.156 e. The van der Waals surface area contributed by atoms with Gasteiger partial charge in [-0.2, -0.15) is 0 Å². The summed E-state index contributed by atoms with van der Waals surface area (Å²) in [5.41, 5.74) is 2.46. The van der Waals surface area contributed by atoms with Gasteiger partial charge >= 0.3 is 0 Å². The van der Waals surface area contributed by atoms with Crippen molar-refractivity contribution in [2.75, 3.05) is 0 Å². The monoisotopic (exact) mass is 238 g/mol. The highest BCUT2D eigenvalue weighted by Gasteiger charge is 2.30. The molecule has 1 aliphatic carbocycles.